The van der Waals surface area contributed by atoms with E-state index in [0.717, 1.165) is 74.4 Å². The lowest BCUT2D eigenvalue weighted by atomic mass is 9.45. The maximum absolute atomic E-state index is 15.0. The van der Waals surface area contributed by atoms with Crippen LogP contribution in [0, 0.1) is 34.4 Å². The predicted octanol–water partition coefficient (Wildman–Crippen LogP) is 2.95. The lowest BCUT2D eigenvalue weighted by molar-refractivity contribution is -0.918. The van der Waals surface area contributed by atoms with Gasteiger partial charge in [0.25, 0.3) is 0 Å². The molecule has 48 heavy (non-hydrogen) atoms. The Morgan fingerprint density at radius 3 is 2.77 bits per heavy atom. The van der Waals surface area contributed by atoms with E-state index in [9.17, 15) is 15.0 Å². The highest BCUT2D eigenvalue weighted by Crippen LogP contribution is 2.70. The number of halogens is 1. The van der Waals surface area contributed by atoms with Crippen molar-refractivity contribution in [3.05, 3.63) is 52.6 Å². The van der Waals surface area contributed by atoms with E-state index in [-0.39, 0.29) is 34.8 Å². The predicted molar refractivity (Wildman–Crippen MR) is 178 cm³/mol. The molecule has 4 aliphatic carbocycles. The highest BCUT2D eigenvalue weighted by Gasteiger charge is 2.75. The van der Waals surface area contributed by atoms with Gasteiger partial charge >= 0.3 is 0 Å². The Morgan fingerprint density at radius 1 is 1.23 bits per heavy atom. The minimum atomic E-state index is -1.23. The summed E-state index contributed by atoms with van der Waals surface area (Å²) in [5.74, 6) is -0.129. The van der Waals surface area contributed by atoms with Crippen molar-refractivity contribution in [3.63, 3.8) is 0 Å². The third kappa shape index (κ3) is 4.69. The average Bonchev–Trinajstić information content (AvgIpc) is 3.70. The molecule has 0 amide bonds. The molecule has 1 aromatic carbocycles. The molecule has 6 aliphatic rings. The number of aromatic nitrogens is 2. The van der Waals surface area contributed by atoms with Gasteiger partial charge in [-0.2, -0.15) is 5.10 Å². The Morgan fingerprint density at radius 2 is 2.02 bits per heavy atom. The van der Waals surface area contributed by atoms with Crippen LogP contribution in [0.25, 0.3) is 11.8 Å². The molecule has 260 valence electrons. The van der Waals surface area contributed by atoms with Gasteiger partial charge in [0.15, 0.2) is 17.7 Å². The van der Waals surface area contributed by atoms with E-state index in [1.165, 1.54) is 10.5 Å². The number of benzene rings is 1. The standard InChI is InChI=1S/C38H51FN4O5/c1-5-6-34-47-33-17-28-27-9-7-25-16-30-24(18-36(25,2)35(27)31(45)19-37(28,3)38(33,48-34)32(46)22-44)20-40-43(30)26-8-10-29(39)23(15-26)21-42-13-11-41(4)12-14-42/h8,10,15-16,20,27-28,31,33-35,44-45H,5-7,9,11-14,17-19,21-22H2,1-4H3/p+1/t27-,28-,31-,33+,34-,35+,36-,37-,38+/m0/s1. The number of fused-ring (bicyclic) bond motifs is 8. The molecule has 9 nitrogen and oxygen atoms in total. The molecular weight excluding hydrogens is 611 g/mol. The van der Waals surface area contributed by atoms with E-state index in [0.29, 0.717) is 25.8 Å². The van der Waals surface area contributed by atoms with Gasteiger partial charge in [-0.05, 0) is 98.6 Å². The Balaban J connectivity index is 1.08. The number of ketones is 1. The number of hydrogen-bond donors (Lipinski definition) is 3. The summed E-state index contributed by atoms with van der Waals surface area (Å²) in [4.78, 5) is 17.3. The number of Topliss-reactive ketones (excluding diaryl/α,β-unsaturated/α-hetero) is 1. The highest BCUT2D eigenvalue weighted by atomic mass is 19.1. The summed E-state index contributed by atoms with van der Waals surface area (Å²) in [6.07, 6.45) is 8.04. The van der Waals surface area contributed by atoms with Gasteiger partial charge in [-0.25, -0.2) is 9.07 Å². The van der Waals surface area contributed by atoms with Crippen LogP contribution < -0.4 is 4.90 Å². The molecular formula is C38H52FN4O5+. The molecule has 3 N–H and O–H groups in total. The van der Waals surface area contributed by atoms with Crippen LogP contribution in [0.5, 0.6) is 0 Å². The summed E-state index contributed by atoms with van der Waals surface area (Å²) < 4.78 is 30.0. The number of nitrogens with one attached hydrogen (secondary N) is 1. The number of rotatable bonds is 7. The van der Waals surface area contributed by atoms with Crippen LogP contribution in [0.2, 0.25) is 0 Å². The number of quaternary nitrogens is 1. The van der Waals surface area contributed by atoms with E-state index in [2.05, 4.69) is 38.8 Å². The number of likely N-dealkylation sites (N-methyl/N-ethyl adjacent to an activating group) is 1. The Kier molecular flexibility index (Phi) is 8.05. The maximum Gasteiger partial charge on any atom is 0.193 e. The van der Waals surface area contributed by atoms with Gasteiger partial charge in [0, 0.05) is 24.1 Å². The van der Waals surface area contributed by atoms with Crippen molar-refractivity contribution in [2.75, 3.05) is 39.8 Å². The van der Waals surface area contributed by atoms with Crippen LogP contribution >= 0.6 is 0 Å². The van der Waals surface area contributed by atoms with Gasteiger partial charge in [-0.1, -0.05) is 32.8 Å². The molecule has 5 fully saturated rings. The molecule has 8 rings (SSSR count). The quantitative estimate of drug-likeness (QED) is 0.419. The van der Waals surface area contributed by atoms with Crippen LogP contribution in [0.4, 0.5) is 4.39 Å². The van der Waals surface area contributed by atoms with Gasteiger partial charge in [-0.3, -0.25) is 9.69 Å². The van der Waals surface area contributed by atoms with Gasteiger partial charge in [0.1, 0.15) is 19.0 Å². The number of piperazine rings is 1. The zero-order valence-electron chi connectivity index (χ0n) is 28.9. The average molecular weight is 664 g/mol. The monoisotopic (exact) mass is 663 g/mol. The van der Waals surface area contributed by atoms with Gasteiger partial charge in [-0.15, -0.1) is 0 Å². The van der Waals surface area contributed by atoms with Crippen LogP contribution in [0.15, 0.2) is 30.0 Å². The lowest BCUT2D eigenvalue weighted by Gasteiger charge is -2.60. The second-order valence-electron chi connectivity index (χ2n) is 16.3. The fourth-order valence-corrected chi connectivity index (χ4v) is 11.4. The molecule has 0 radical (unpaired) electrons. The van der Waals surface area contributed by atoms with E-state index < -0.39 is 36.1 Å². The van der Waals surface area contributed by atoms with Gasteiger partial charge in [0.2, 0.25) is 0 Å². The molecule has 10 heteroatoms. The number of carbonyl (C=O) groups excluding carboxylic acids is 1. The molecule has 2 saturated heterocycles. The Labute approximate surface area is 283 Å². The Hall–Kier alpha value is -2.47. The maximum atomic E-state index is 15.0. The summed E-state index contributed by atoms with van der Waals surface area (Å²) in [7, 11) is 2.14. The number of aliphatic hydroxyl groups is 2. The number of hydrogen-bond acceptors (Lipinski definition) is 7. The highest BCUT2D eigenvalue weighted by molar-refractivity contribution is 5.91. The molecule has 0 spiro atoms. The molecule has 3 heterocycles. The summed E-state index contributed by atoms with van der Waals surface area (Å²) in [5, 5.41) is 27.2. The summed E-state index contributed by atoms with van der Waals surface area (Å²) >= 11 is 0. The van der Waals surface area contributed by atoms with E-state index in [1.807, 2.05) is 23.0 Å². The van der Waals surface area contributed by atoms with E-state index >= 15 is 4.39 Å². The minimum absolute atomic E-state index is 0.0163. The number of allylic oxidation sites excluding steroid dienone is 1. The summed E-state index contributed by atoms with van der Waals surface area (Å²) in [5.41, 5.74) is 3.01. The van der Waals surface area contributed by atoms with Gasteiger partial charge < -0.3 is 24.6 Å². The first-order valence-electron chi connectivity index (χ1n) is 18.3. The first kappa shape index (κ1) is 32.7. The molecule has 2 aliphatic heterocycles. The van der Waals surface area contributed by atoms with Crippen molar-refractivity contribution in [1.29, 1.82) is 0 Å². The third-order valence-electron chi connectivity index (χ3n) is 13.7. The zero-order chi connectivity index (χ0) is 33.6. The zero-order valence-corrected chi connectivity index (χ0v) is 28.9. The number of carbonyl (C=O) groups is 1. The van der Waals surface area contributed by atoms with Crippen molar-refractivity contribution in [2.45, 2.75) is 96.4 Å². The van der Waals surface area contributed by atoms with Gasteiger partial charge in [0.05, 0.1) is 42.9 Å². The second-order valence-corrected chi connectivity index (χ2v) is 16.3. The lowest BCUT2D eigenvalue weighted by Crippen LogP contribution is -3.13. The largest absolute Gasteiger partial charge is 0.393 e. The smallest absolute Gasteiger partial charge is 0.193 e. The van der Waals surface area contributed by atoms with Crippen molar-refractivity contribution in [3.8, 4) is 5.69 Å². The van der Waals surface area contributed by atoms with Crippen LogP contribution in [0.3, 0.4) is 0 Å². The van der Waals surface area contributed by atoms with Crippen LogP contribution in [-0.2, 0) is 27.2 Å². The second kappa shape index (κ2) is 11.8. The first-order valence-corrected chi connectivity index (χ1v) is 18.3. The Bertz CT molecular complexity index is 1620. The van der Waals surface area contributed by atoms with Crippen molar-refractivity contribution < 1.29 is 33.8 Å². The number of ether oxygens (including phenoxy) is 2. The normalized spacial score (nSPS) is 39.3. The van der Waals surface area contributed by atoms with Crippen molar-refractivity contribution in [1.82, 2.24) is 14.7 Å². The van der Waals surface area contributed by atoms with Crippen LogP contribution in [0.1, 0.15) is 76.1 Å². The van der Waals surface area contributed by atoms with E-state index in [1.54, 1.807) is 6.07 Å². The van der Waals surface area contributed by atoms with E-state index in [4.69, 9.17) is 14.6 Å². The molecule has 0 unspecified atom stereocenters. The van der Waals surface area contributed by atoms with Crippen molar-refractivity contribution in [2.24, 2.45) is 28.6 Å². The SMILES string of the molecule is CCC[C@H]1O[C@@H]2C[C@H]3[C@@H]4CCC5=Cc6c(cnn6-c6ccc(F)c(C[NH+]7CCN(C)CC7)c6)C[C@]5(C)[C@H]4[C@@H](O)C[C@]3(C)[C@]2(C(=O)CO)O1. The minimum Gasteiger partial charge on any atom is -0.393 e. The molecule has 3 saturated carbocycles. The number of nitrogens with zero attached hydrogens (tertiary/aromatic N) is 3. The molecule has 9 atom stereocenters. The first-order chi connectivity index (χ1) is 23.0. The third-order valence-corrected chi connectivity index (χ3v) is 13.7. The fraction of sp³-hybridized carbons (Fsp3) is 0.684. The summed E-state index contributed by atoms with van der Waals surface area (Å²) in [6.45, 7) is 10.6. The topological polar surface area (TPSA) is 101 Å². The van der Waals surface area contributed by atoms with Crippen molar-refractivity contribution >= 4 is 11.9 Å². The summed E-state index contributed by atoms with van der Waals surface area (Å²) in [6, 6.07) is 5.38. The molecule has 0 bridgehead atoms. The van der Waals surface area contributed by atoms with Crippen LogP contribution in [-0.4, -0.2) is 94.6 Å². The molecule has 1 aromatic heterocycles. The molecule has 2 aromatic rings. The number of aliphatic hydroxyl groups excluding tert-OH is 2. The fourth-order valence-electron chi connectivity index (χ4n) is 11.4.